The lowest BCUT2D eigenvalue weighted by atomic mass is 10.2. The fourth-order valence-electron chi connectivity index (χ4n) is 1.52. The molecule has 1 unspecified atom stereocenters. The molecule has 0 aliphatic rings. The lowest BCUT2D eigenvalue weighted by Gasteiger charge is -2.01. The van der Waals surface area contributed by atoms with Crippen molar-refractivity contribution in [3.8, 4) is 0 Å². The number of alkyl halides is 1. The van der Waals surface area contributed by atoms with Crippen LogP contribution in [-0.4, -0.2) is 28.3 Å². The Morgan fingerprint density at radius 1 is 1.50 bits per heavy atom. The Labute approximate surface area is 128 Å². The highest BCUT2D eigenvalue weighted by Crippen LogP contribution is 2.27. The first-order chi connectivity index (χ1) is 9.51. The van der Waals surface area contributed by atoms with Gasteiger partial charge in [-0.15, -0.1) is 0 Å². The summed E-state index contributed by atoms with van der Waals surface area (Å²) < 4.78 is 5.78. The van der Waals surface area contributed by atoms with Crippen LogP contribution in [0.3, 0.4) is 0 Å². The summed E-state index contributed by atoms with van der Waals surface area (Å²) in [4.78, 5) is 27.2. The van der Waals surface area contributed by atoms with Crippen LogP contribution < -0.4 is 5.32 Å². The van der Waals surface area contributed by atoms with Crippen LogP contribution in [0.1, 0.15) is 24.2 Å². The SMILES string of the molecule is CCOC(=O)c1ccc2nc(NC(=O)C(C)Br)sc2c1. The Bertz CT molecular complexity index is 654. The first-order valence-corrected chi connectivity index (χ1v) is 7.77. The number of thiazole rings is 1. The van der Waals surface area contributed by atoms with Crippen molar-refractivity contribution in [1.82, 2.24) is 4.98 Å². The lowest BCUT2D eigenvalue weighted by molar-refractivity contribution is -0.115. The molecule has 0 radical (unpaired) electrons. The first kappa shape index (κ1) is 14.9. The number of hydrogen-bond donors (Lipinski definition) is 1. The molecule has 106 valence electrons. The van der Waals surface area contributed by atoms with Crippen molar-refractivity contribution in [3.05, 3.63) is 23.8 Å². The number of carbonyl (C=O) groups excluding carboxylic acids is 2. The van der Waals surface area contributed by atoms with Crippen LogP contribution >= 0.6 is 27.3 Å². The summed E-state index contributed by atoms with van der Waals surface area (Å²) in [7, 11) is 0. The van der Waals surface area contributed by atoms with Gasteiger partial charge in [0.05, 0.1) is 27.2 Å². The molecule has 0 saturated carbocycles. The van der Waals surface area contributed by atoms with E-state index in [1.54, 1.807) is 32.0 Å². The molecular weight excluding hydrogens is 344 g/mol. The van der Waals surface area contributed by atoms with E-state index < -0.39 is 0 Å². The van der Waals surface area contributed by atoms with Crippen LogP contribution in [0.5, 0.6) is 0 Å². The second kappa shape index (κ2) is 6.32. The number of amides is 1. The van der Waals surface area contributed by atoms with E-state index in [2.05, 4.69) is 26.2 Å². The number of fused-ring (bicyclic) bond motifs is 1. The summed E-state index contributed by atoms with van der Waals surface area (Å²) in [6.07, 6.45) is 0. The van der Waals surface area contributed by atoms with Crippen molar-refractivity contribution in [2.24, 2.45) is 0 Å². The van der Waals surface area contributed by atoms with Crippen molar-refractivity contribution in [2.45, 2.75) is 18.7 Å². The molecule has 0 aliphatic carbocycles. The highest BCUT2D eigenvalue weighted by atomic mass is 79.9. The number of halogens is 1. The van der Waals surface area contributed by atoms with E-state index in [1.807, 2.05) is 0 Å². The van der Waals surface area contributed by atoms with Gasteiger partial charge in [-0.25, -0.2) is 9.78 Å². The van der Waals surface area contributed by atoms with Gasteiger partial charge in [0.15, 0.2) is 5.13 Å². The highest BCUT2D eigenvalue weighted by molar-refractivity contribution is 9.10. The molecule has 1 N–H and O–H groups in total. The number of hydrogen-bond acceptors (Lipinski definition) is 5. The maximum Gasteiger partial charge on any atom is 0.338 e. The van der Waals surface area contributed by atoms with Crippen molar-refractivity contribution >= 4 is 54.5 Å². The third-order valence-corrected chi connectivity index (χ3v) is 3.84. The Morgan fingerprint density at radius 3 is 2.90 bits per heavy atom. The van der Waals surface area contributed by atoms with Crippen LogP contribution in [0.25, 0.3) is 10.2 Å². The molecule has 0 saturated heterocycles. The third-order valence-electron chi connectivity index (χ3n) is 2.49. The zero-order valence-electron chi connectivity index (χ0n) is 11.0. The van der Waals surface area contributed by atoms with Gasteiger partial charge in [-0.3, -0.25) is 4.79 Å². The summed E-state index contributed by atoms with van der Waals surface area (Å²) in [5, 5.41) is 3.22. The number of nitrogens with one attached hydrogen (secondary N) is 1. The largest absolute Gasteiger partial charge is 0.462 e. The van der Waals surface area contributed by atoms with Crippen molar-refractivity contribution < 1.29 is 14.3 Å². The molecule has 1 amide bonds. The van der Waals surface area contributed by atoms with Crippen LogP contribution in [0.4, 0.5) is 5.13 Å². The maximum atomic E-state index is 11.6. The number of esters is 1. The molecule has 2 aromatic rings. The fourth-order valence-corrected chi connectivity index (χ4v) is 2.55. The Hall–Kier alpha value is -1.47. The second-order valence-corrected chi connectivity index (χ2v) is 6.43. The fraction of sp³-hybridized carbons (Fsp3) is 0.308. The summed E-state index contributed by atoms with van der Waals surface area (Å²) >= 11 is 4.51. The topological polar surface area (TPSA) is 68.3 Å². The van der Waals surface area contributed by atoms with Crippen LogP contribution in [0.2, 0.25) is 0 Å². The zero-order valence-corrected chi connectivity index (χ0v) is 13.4. The van der Waals surface area contributed by atoms with Crippen molar-refractivity contribution in [1.29, 1.82) is 0 Å². The molecular formula is C13H13BrN2O3S. The van der Waals surface area contributed by atoms with Gasteiger partial charge >= 0.3 is 5.97 Å². The molecule has 0 bridgehead atoms. The van der Waals surface area contributed by atoms with E-state index in [0.717, 1.165) is 10.2 Å². The van der Waals surface area contributed by atoms with E-state index in [9.17, 15) is 9.59 Å². The van der Waals surface area contributed by atoms with Gasteiger partial charge in [0, 0.05) is 0 Å². The van der Waals surface area contributed by atoms with Crippen LogP contribution in [0.15, 0.2) is 18.2 Å². The summed E-state index contributed by atoms with van der Waals surface area (Å²) in [5.74, 6) is -0.517. The first-order valence-electron chi connectivity index (χ1n) is 6.04. The van der Waals surface area contributed by atoms with E-state index >= 15 is 0 Å². The predicted molar refractivity (Wildman–Crippen MR) is 82.6 cm³/mol. The van der Waals surface area contributed by atoms with E-state index in [1.165, 1.54) is 11.3 Å². The van der Waals surface area contributed by atoms with Gasteiger partial charge in [-0.2, -0.15) is 0 Å². The molecule has 7 heteroatoms. The van der Waals surface area contributed by atoms with Crippen molar-refractivity contribution in [3.63, 3.8) is 0 Å². The summed E-state index contributed by atoms with van der Waals surface area (Å²) in [6, 6.07) is 5.13. The normalized spacial score (nSPS) is 12.2. The maximum absolute atomic E-state index is 11.6. The van der Waals surface area contributed by atoms with Gasteiger partial charge in [0.2, 0.25) is 5.91 Å². The van der Waals surface area contributed by atoms with E-state index in [4.69, 9.17) is 4.74 Å². The average Bonchev–Trinajstić information content (AvgIpc) is 2.79. The predicted octanol–water partition coefficient (Wildman–Crippen LogP) is 3.19. The second-order valence-electron chi connectivity index (χ2n) is 4.03. The molecule has 0 aliphatic heterocycles. The lowest BCUT2D eigenvalue weighted by Crippen LogP contribution is -2.19. The number of ether oxygens (including phenoxy) is 1. The number of benzene rings is 1. The molecule has 2 rings (SSSR count). The third kappa shape index (κ3) is 3.34. The Balaban J connectivity index is 2.26. The number of aromatic nitrogens is 1. The molecule has 0 fully saturated rings. The monoisotopic (exact) mass is 356 g/mol. The number of nitrogens with zero attached hydrogens (tertiary/aromatic N) is 1. The molecule has 1 aromatic carbocycles. The van der Waals surface area contributed by atoms with Gasteiger partial charge in [0.25, 0.3) is 0 Å². The number of anilines is 1. The smallest absolute Gasteiger partial charge is 0.338 e. The minimum atomic E-state index is -0.359. The van der Waals surface area contributed by atoms with E-state index in [-0.39, 0.29) is 16.7 Å². The zero-order chi connectivity index (χ0) is 14.7. The molecule has 20 heavy (non-hydrogen) atoms. The quantitative estimate of drug-likeness (QED) is 0.674. The Morgan fingerprint density at radius 2 is 2.25 bits per heavy atom. The minimum absolute atomic E-state index is 0.158. The molecule has 1 heterocycles. The van der Waals surface area contributed by atoms with Crippen molar-refractivity contribution in [2.75, 3.05) is 11.9 Å². The minimum Gasteiger partial charge on any atom is -0.462 e. The van der Waals surface area contributed by atoms with Crippen LogP contribution in [0, 0.1) is 0 Å². The van der Waals surface area contributed by atoms with Gasteiger partial charge in [-0.05, 0) is 32.0 Å². The van der Waals surface area contributed by atoms with E-state index in [0.29, 0.717) is 17.3 Å². The molecule has 5 nitrogen and oxygen atoms in total. The Kier molecular flexibility index (Phi) is 4.72. The van der Waals surface area contributed by atoms with Crippen LogP contribution in [-0.2, 0) is 9.53 Å². The summed E-state index contributed by atoms with van der Waals surface area (Å²) in [5.41, 5.74) is 1.22. The number of carbonyl (C=O) groups is 2. The standard InChI is InChI=1S/C13H13BrN2O3S/c1-3-19-12(18)8-4-5-9-10(6-8)20-13(15-9)16-11(17)7(2)14/h4-7H,3H2,1-2H3,(H,15,16,17). The molecule has 0 spiro atoms. The summed E-state index contributed by atoms with van der Waals surface area (Å²) in [6.45, 7) is 3.84. The average molecular weight is 357 g/mol. The van der Waals surface area contributed by atoms with Gasteiger partial charge in [0.1, 0.15) is 0 Å². The highest BCUT2D eigenvalue weighted by Gasteiger charge is 2.13. The van der Waals surface area contributed by atoms with Gasteiger partial charge < -0.3 is 10.1 Å². The number of rotatable bonds is 4. The van der Waals surface area contributed by atoms with Gasteiger partial charge in [-0.1, -0.05) is 27.3 Å². The molecule has 1 atom stereocenters. The molecule has 1 aromatic heterocycles.